The molecule has 2 fully saturated rings. The van der Waals surface area contributed by atoms with Crippen LogP contribution in [0, 0.1) is 5.92 Å². The van der Waals surface area contributed by atoms with Crippen LogP contribution < -0.4 is 4.74 Å². The normalized spacial score (nSPS) is 28.3. The molecule has 0 N–H and O–H groups in total. The van der Waals surface area contributed by atoms with E-state index in [9.17, 15) is 4.39 Å². The Hall–Kier alpha value is -1.91. The van der Waals surface area contributed by atoms with Crippen LogP contribution in [0.3, 0.4) is 0 Å². The lowest BCUT2D eigenvalue weighted by Gasteiger charge is -2.49. The summed E-state index contributed by atoms with van der Waals surface area (Å²) in [6.07, 6.45) is 3.68. The van der Waals surface area contributed by atoms with E-state index in [0.29, 0.717) is 30.5 Å². The third-order valence-corrected chi connectivity index (χ3v) is 7.90. The highest BCUT2D eigenvalue weighted by atomic mass is 19.1. The molecule has 2 saturated heterocycles. The van der Waals surface area contributed by atoms with Crippen LogP contribution in [0.4, 0.5) is 4.39 Å². The minimum Gasteiger partial charge on any atom is -0.488 e. The number of rotatable bonds is 7. The fourth-order valence-corrected chi connectivity index (χ4v) is 6.52. The minimum atomic E-state index is -1.22. The molecule has 3 nitrogen and oxygen atoms in total. The van der Waals surface area contributed by atoms with Crippen molar-refractivity contribution in [1.82, 2.24) is 9.80 Å². The Labute approximate surface area is 198 Å². The molecule has 2 aliphatic heterocycles. The van der Waals surface area contributed by atoms with Gasteiger partial charge in [0.05, 0.1) is 0 Å². The summed E-state index contributed by atoms with van der Waals surface area (Å²) in [6, 6.07) is 18.2. The maximum absolute atomic E-state index is 14.9. The fourth-order valence-electron chi connectivity index (χ4n) is 6.52. The van der Waals surface area contributed by atoms with Gasteiger partial charge in [0.25, 0.3) is 0 Å². The van der Waals surface area contributed by atoms with Crippen LogP contribution in [0.2, 0.25) is 0 Å². The molecule has 4 atom stereocenters. The highest BCUT2D eigenvalue weighted by Crippen LogP contribution is 2.53. The molecule has 5 rings (SSSR count). The zero-order chi connectivity index (χ0) is 23.2. The number of benzene rings is 2. The van der Waals surface area contributed by atoms with Crippen molar-refractivity contribution in [1.29, 1.82) is 0 Å². The van der Waals surface area contributed by atoms with E-state index in [1.165, 1.54) is 23.1 Å². The zero-order valence-corrected chi connectivity index (χ0v) is 20.6. The van der Waals surface area contributed by atoms with Gasteiger partial charge in [0.2, 0.25) is 0 Å². The Morgan fingerprint density at radius 2 is 1.79 bits per heavy atom. The molecule has 0 saturated carbocycles. The summed E-state index contributed by atoms with van der Waals surface area (Å²) >= 11 is 0. The van der Waals surface area contributed by atoms with E-state index in [1.807, 2.05) is 0 Å². The van der Waals surface area contributed by atoms with Gasteiger partial charge < -0.3 is 4.74 Å². The molecule has 3 aliphatic rings. The summed E-state index contributed by atoms with van der Waals surface area (Å²) in [7, 11) is 0. The van der Waals surface area contributed by atoms with Crippen LogP contribution >= 0.6 is 0 Å². The number of hydrogen-bond donors (Lipinski definition) is 0. The maximum Gasteiger partial charge on any atom is 0.124 e. The van der Waals surface area contributed by atoms with Crippen LogP contribution in [-0.4, -0.2) is 53.8 Å². The highest BCUT2D eigenvalue weighted by Gasteiger charge is 2.47. The maximum atomic E-state index is 14.9. The second-order valence-electron chi connectivity index (χ2n) is 11.2. The van der Waals surface area contributed by atoms with Gasteiger partial charge in [0.15, 0.2) is 0 Å². The number of likely N-dealkylation sites (tertiary alicyclic amines) is 2. The molecule has 1 aliphatic carbocycles. The average Bonchev–Trinajstić information content (AvgIpc) is 3.10. The van der Waals surface area contributed by atoms with Gasteiger partial charge in [-0.25, -0.2) is 4.39 Å². The molecule has 178 valence electrons. The van der Waals surface area contributed by atoms with E-state index in [-0.39, 0.29) is 6.04 Å². The van der Waals surface area contributed by atoms with Crippen molar-refractivity contribution in [3.05, 3.63) is 65.2 Å². The molecule has 2 aromatic carbocycles. The highest BCUT2D eigenvalue weighted by molar-refractivity contribution is 5.40. The predicted molar refractivity (Wildman–Crippen MR) is 133 cm³/mol. The topological polar surface area (TPSA) is 15.7 Å². The number of halogens is 1. The van der Waals surface area contributed by atoms with Crippen LogP contribution in [0.15, 0.2) is 48.5 Å². The van der Waals surface area contributed by atoms with Crippen molar-refractivity contribution < 1.29 is 9.13 Å². The second kappa shape index (κ2) is 9.03. The average molecular weight is 451 g/mol. The van der Waals surface area contributed by atoms with Crippen LogP contribution in [0.5, 0.6) is 5.75 Å². The summed E-state index contributed by atoms with van der Waals surface area (Å²) in [4.78, 5) is 4.88. The monoisotopic (exact) mass is 450 g/mol. The van der Waals surface area contributed by atoms with Crippen molar-refractivity contribution in [3.63, 3.8) is 0 Å². The van der Waals surface area contributed by atoms with Gasteiger partial charge in [0.1, 0.15) is 17.5 Å². The van der Waals surface area contributed by atoms with E-state index in [4.69, 9.17) is 4.74 Å². The van der Waals surface area contributed by atoms with E-state index >= 15 is 0 Å². The first-order valence-corrected chi connectivity index (χ1v) is 12.8. The molecular weight excluding hydrogens is 411 g/mol. The molecule has 0 radical (unpaired) electrons. The summed E-state index contributed by atoms with van der Waals surface area (Å²) in [6.45, 7) is 11.6. The summed E-state index contributed by atoms with van der Waals surface area (Å²) in [5, 5.41) is 0. The van der Waals surface area contributed by atoms with Gasteiger partial charge in [-0.1, -0.05) is 43.3 Å². The fraction of sp³-hybridized carbons (Fsp3) is 0.586. The lowest BCUT2D eigenvalue weighted by atomic mass is 9.74. The predicted octanol–water partition coefficient (Wildman–Crippen LogP) is 6.00. The Morgan fingerprint density at radius 3 is 2.48 bits per heavy atom. The lowest BCUT2D eigenvalue weighted by molar-refractivity contribution is -0.00256. The molecule has 0 spiro atoms. The summed E-state index contributed by atoms with van der Waals surface area (Å²) in [5.74, 6) is 1.99. The molecule has 2 heterocycles. The number of hydrogen-bond acceptors (Lipinski definition) is 3. The lowest BCUT2D eigenvalue weighted by Crippen LogP contribution is -2.53. The second-order valence-corrected chi connectivity index (χ2v) is 11.2. The molecule has 0 aromatic heterocycles. The number of piperidine rings is 1. The van der Waals surface area contributed by atoms with Crippen molar-refractivity contribution >= 4 is 0 Å². The Morgan fingerprint density at radius 1 is 1.06 bits per heavy atom. The quantitative estimate of drug-likeness (QED) is 0.515. The summed E-state index contributed by atoms with van der Waals surface area (Å²) < 4.78 is 21.1. The van der Waals surface area contributed by atoms with E-state index in [1.54, 1.807) is 13.8 Å². The first-order chi connectivity index (χ1) is 15.8. The van der Waals surface area contributed by atoms with Gasteiger partial charge in [-0.2, -0.15) is 0 Å². The largest absolute Gasteiger partial charge is 0.488 e. The molecule has 33 heavy (non-hydrogen) atoms. The van der Waals surface area contributed by atoms with E-state index in [0.717, 1.165) is 38.2 Å². The first-order valence-electron chi connectivity index (χ1n) is 12.8. The Kier molecular flexibility index (Phi) is 6.26. The third kappa shape index (κ3) is 4.70. The standard InChI is InChI=1S/C29H39FN2O/c1-5-14-31-17-24(18-31)33-23-12-10-21(11-13-23)28-27-16-22-8-6-7-9-25(22)26(27)15-20(2)32(28)19-29(3,4)30/h6-13,20,24,26-28H,5,14-19H2,1-4H3/t20-,26?,27?,28-/m1/s1. The third-order valence-electron chi connectivity index (χ3n) is 7.90. The first kappa shape index (κ1) is 22.9. The van der Waals surface area contributed by atoms with E-state index < -0.39 is 5.67 Å². The smallest absolute Gasteiger partial charge is 0.124 e. The molecule has 4 heteroatoms. The molecular formula is C29H39FN2O. The van der Waals surface area contributed by atoms with Crippen LogP contribution in [-0.2, 0) is 6.42 Å². The summed E-state index contributed by atoms with van der Waals surface area (Å²) in [5.41, 5.74) is 3.07. The minimum absolute atomic E-state index is 0.221. The Bertz CT molecular complexity index is 947. The Balaban J connectivity index is 1.38. The molecule has 0 amide bonds. The van der Waals surface area contributed by atoms with Crippen LogP contribution in [0.1, 0.15) is 69.2 Å². The molecule has 2 aromatic rings. The van der Waals surface area contributed by atoms with Crippen molar-refractivity contribution in [3.8, 4) is 5.75 Å². The molecule has 0 bridgehead atoms. The van der Waals surface area contributed by atoms with Crippen LogP contribution in [0.25, 0.3) is 0 Å². The zero-order valence-electron chi connectivity index (χ0n) is 20.6. The number of nitrogens with zero attached hydrogens (tertiary/aromatic N) is 2. The van der Waals surface area contributed by atoms with E-state index in [2.05, 4.69) is 72.2 Å². The number of alkyl halides is 1. The van der Waals surface area contributed by atoms with Gasteiger partial charge in [-0.15, -0.1) is 0 Å². The van der Waals surface area contributed by atoms with Crippen molar-refractivity contribution in [2.24, 2.45) is 5.92 Å². The number of ether oxygens (including phenoxy) is 1. The molecule has 2 unspecified atom stereocenters. The van der Waals surface area contributed by atoms with Gasteiger partial charge in [-0.05, 0) is 87.2 Å². The van der Waals surface area contributed by atoms with Gasteiger partial charge >= 0.3 is 0 Å². The van der Waals surface area contributed by atoms with Crippen molar-refractivity contribution in [2.45, 2.75) is 76.7 Å². The van der Waals surface area contributed by atoms with Crippen molar-refractivity contribution in [2.75, 3.05) is 26.2 Å². The number of fused-ring (bicyclic) bond motifs is 3. The SMILES string of the molecule is CCCN1CC(Oc2ccc([C@@H]3C4Cc5ccccc5C4C[C@@H](C)N3CC(C)(C)F)cc2)C1. The van der Waals surface area contributed by atoms with Gasteiger partial charge in [0, 0.05) is 31.7 Å². The van der Waals surface area contributed by atoms with Gasteiger partial charge in [-0.3, -0.25) is 9.80 Å².